The van der Waals surface area contributed by atoms with Gasteiger partial charge in [0.2, 0.25) is 0 Å². The van der Waals surface area contributed by atoms with E-state index in [0.717, 1.165) is 37.2 Å². The molecule has 2 heterocycles. The van der Waals surface area contributed by atoms with Crippen molar-refractivity contribution < 1.29 is 5.11 Å². The molecule has 0 bridgehead atoms. The van der Waals surface area contributed by atoms with Gasteiger partial charge in [0, 0.05) is 24.6 Å². The minimum atomic E-state index is -0.411. The lowest BCUT2D eigenvalue weighted by Crippen LogP contribution is -2.55. The van der Waals surface area contributed by atoms with Crippen molar-refractivity contribution in [2.75, 3.05) is 13.1 Å². The van der Waals surface area contributed by atoms with Crippen LogP contribution in [0.2, 0.25) is 5.15 Å². The zero-order valence-electron chi connectivity index (χ0n) is 13.7. The SMILES string of the molecule is CCC(CC)(C(O)Cc1c(C)nn(C)c1Cl)N1CCCC1. The summed E-state index contributed by atoms with van der Waals surface area (Å²) in [6.07, 6.45) is 4.56. The van der Waals surface area contributed by atoms with Crippen molar-refractivity contribution in [2.45, 2.75) is 64.5 Å². The molecule has 4 nitrogen and oxygen atoms in total. The van der Waals surface area contributed by atoms with Gasteiger partial charge >= 0.3 is 0 Å². The van der Waals surface area contributed by atoms with Gasteiger partial charge < -0.3 is 5.11 Å². The summed E-state index contributed by atoms with van der Waals surface area (Å²) in [6.45, 7) is 8.52. The van der Waals surface area contributed by atoms with Crippen LogP contribution < -0.4 is 0 Å². The number of nitrogens with zero attached hydrogens (tertiary/aromatic N) is 3. The van der Waals surface area contributed by atoms with E-state index in [2.05, 4.69) is 23.8 Å². The number of likely N-dealkylation sites (tertiary alicyclic amines) is 1. The van der Waals surface area contributed by atoms with Crippen molar-refractivity contribution in [2.24, 2.45) is 7.05 Å². The van der Waals surface area contributed by atoms with E-state index in [1.165, 1.54) is 12.8 Å². The van der Waals surface area contributed by atoms with E-state index in [9.17, 15) is 5.11 Å². The minimum Gasteiger partial charge on any atom is -0.391 e. The van der Waals surface area contributed by atoms with Crippen LogP contribution in [-0.4, -0.2) is 44.5 Å². The topological polar surface area (TPSA) is 41.3 Å². The van der Waals surface area contributed by atoms with Crippen LogP contribution in [0.3, 0.4) is 0 Å². The first kappa shape index (κ1) is 16.8. The molecule has 0 saturated carbocycles. The summed E-state index contributed by atoms with van der Waals surface area (Å²) < 4.78 is 1.69. The number of aryl methyl sites for hydroxylation is 2. The van der Waals surface area contributed by atoms with Crippen molar-refractivity contribution >= 4 is 11.6 Å². The summed E-state index contributed by atoms with van der Waals surface area (Å²) in [4.78, 5) is 2.48. The van der Waals surface area contributed by atoms with Gasteiger partial charge in [0.1, 0.15) is 5.15 Å². The van der Waals surface area contributed by atoms with E-state index >= 15 is 0 Å². The molecule has 120 valence electrons. The Labute approximate surface area is 133 Å². The number of aliphatic hydroxyl groups excluding tert-OH is 1. The molecule has 1 aromatic rings. The highest BCUT2D eigenvalue weighted by Crippen LogP contribution is 2.34. The Bertz CT molecular complexity index is 476. The summed E-state index contributed by atoms with van der Waals surface area (Å²) in [6, 6.07) is 0. The zero-order chi connectivity index (χ0) is 15.6. The number of hydrogen-bond donors (Lipinski definition) is 1. The average molecular weight is 314 g/mol. The van der Waals surface area contributed by atoms with Crippen LogP contribution in [0.5, 0.6) is 0 Å². The van der Waals surface area contributed by atoms with Crippen LogP contribution in [0.25, 0.3) is 0 Å². The van der Waals surface area contributed by atoms with Crippen LogP contribution in [0, 0.1) is 6.92 Å². The Kier molecular flexibility index (Phi) is 5.33. The molecule has 1 N–H and O–H groups in total. The van der Waals surface area contributed by atoms with Gasteiger partial charge in [-0.25, -0.2) is 0 Å². The van der Waals surface area contributed by atoms with E-state index in [0.29, 0.717) is 11.6 Å². The largest absolute Gasteiger partial charge is 0.391 e. The quantitative estimate of drug-likeness (QED) is 0.878. The highest BCUT2D eigenvalue weighted by Gasteiger charge is 2.41. The minimum absolute atomic E-state index is 0.137. The van der Waals surface area contributed by atoms with E-state index in [-0.39, 0.29) is 5.54 Å². The molecular formula is C16H28ClN3O. The lowest BCUT2D eigenvalue weighted by molar-refractivity contribution is -0.0270. The highest BCUT2D eigenvalue weighted by molar-refractivity contribution is 6.30. The number of rotatable bonds is 6. The van der Waals surface area contributed by atoms with Crippen LogP contribution >= 0.6 is 11.6 Å². The molecule has 0 amide bonds. The normalized spacial score (nSPS) is 18.4. The van der Waals surface area contributed by atoms with E-state index in [4.69, 9.17) is 11.6 Å². The maximum atomic E-state index is 11.0. The van der Waals surface area contributed by atoms with Gasteiger partial charge in [0.05, 0.1) is 11.8 Å². The van der Waals surface area contributed by atoms with Crippen molar-refractivity contribution in [3.05, 3.63) is 16.4 Å². The number of hydrogen-bond acceptors (Lipinski definition) is 3. The number of halogens is 1. The third kappa shape index (κ3) is 2.99. The molecule has 1 fully saturated rings. The van der Waals surface area contributed by atoms with E-state index < -0.39 is 6.10 Å². The molecule has 2 rings (SSSR count). The Balaban J connectivity index is 2.24. The Hall–Kier alpha value is -0.580. The maximum Gasteiger partial charge on any atom is 0.130 e. The molecular weight excluding hydrogens is 286 g/mol. The van der Waals surface area contributed by atoms with Crippen LogP contribution in [0.15, 0.2) is 0 Å². The zero-order valence-corrected chi connectivity index (χ0v) is 14.4. The van der Waals surface area contributed by atoms with Gasteiger partial charge in [-0.2, -0.15) is 5.10 Å². The van der Waals surface area contributed by atoms with Crippen LogP contribution in [0.1, 0.15) is 50.8 Å². The van der Waals surface area contributed by atoms with Crippen molar-refractivity contribution in [3.63, 3.8) is 0 Å². The Morgan fingerprint density at radius 3 is 2.29 bits per heavy atom. The number of aromatic nitrogens is 2. The standard InChI is InChI=1S/C16H28ClN3O/c1-5-16(6-2,20-9-7-8-10-20)14(21)11-13-12(3)18-19(4)15(13)17/h14,21H,5-11H2,1-4H3. The van der Waals surface area contributed by atoms with E-state index in [1.807, 2.05) is 14.0 Å². The third-order valence-corrected chi connectivity index (χ3v) is 5.72. The first-order chi connectivity index (χ1) is 9.96. The summed E-state index contributed by atoms with van der Waals surface area (Å²) in [5.74, 6) is 0. The summed E-state index contributed by atoms with van der Waals surface area (Å²) >= 11 is 6.33. The summed E-state index contributed by atoms with van der Waals surface area (Å²) in [7, 11) is 1.85. The number of aliphatic hydroxyl groups is 1. The molecule has 21 heavy (non-hydrogen) atoms. The molecule has 1 atom stereocenters. The van der Waals surface area contributed by atoms with Gasteiger partial charge in [-0.1, -0.05) is 25.4 Å². The van der Waals surface area contributed by atoms with Crippen molar-refractivity contribution in [1.29, 1.82) is 0 Å². The van der Waals surface area contributed by atoms with E-state index in [1.54, 1.807) is 4.68 Å². The molecule has 0 spiro atoms. The van der Waals surface area contributed by atoms with Gasteiger partial charge in [0.15, 0.2) is 0 Å². The highest BCUT2D eigenvalue weighted by atomic mass is 35.5. The van der Waals surface area contributed by atoms with Gasteiger partial charge in [-0.3, -0.25) is 9.58 Å². The van der Waals surface area contributed by atoms with Crippen molar-refractivity contribution in [1.82, 2.24) is 14.7 Å². The lowest BCUT2D eigenvalue weighted by atomic mass is 9.82. The van der Waals surface area contributed by atoms with Gasteiger partial charge in [0.25, 0.3) is 0 Å². The fraction of sp³-hybridized carbons (Fsp3) is 0.812. The molecule has 0 radical (unpaired) electrons. The molecule has 1 aromatic heterocycles. The van der Waals surface area contributed by atoms with Gasteiger partial charge in [-0.15, -0.1) is 0 Å². The van der Waals surface area contributed by atoms with Crippen LogP contribution in [0.4, 0.5) is 0 Å². The second kappa shape index (κ2) is 6.67. The Morgan fingerprint density at radius 1 is 1.29 bits per heavy atom. The molecule has 0 aromatic carbocycles. The van der Waals surface area contributed by atoms with Crippen LogP contribution in [-0.2, 0) is 13.5 Å². The summed E-state index contributed by atoms with van der Waals surface area (Å²) in [5, 5.41) is 16.0. The second-order valence-electron chi connectivity index (χ2n) is 6.20. The Morgan fingerprint density at radius 2 is 1.86 bits per heavy atom. The first-order valence-corrected chi connectivity index (χ1v) is 8.45. The predicted molar refractivity (Wildman–Crippen MR) is 86.8 cm³/mol. The van der Waals surface area contributed by atoms with Gasteiger partial charge in [-0.05, 0) is 45.7 Å². The molecule has 0 aliphatic carbocycles. The molecule has 5 heteroatoms. The summed E-state index contributed by atoms with van der Waals surface area (Å²) in [5.41, 5.74) is 1.77. The first-order valence-electron chi connectivity index (χ1n) is 8.07. The third-order valence-electron chi connectivity index (χ3n) is 5.25. The lowest BCUT2D eigenvalue weighted by Gasteiger charge is -2.44. The fourth-order valence-electron chi connectivity index (χ4n) is 3.83. The fourth-order valence-corrected chi connectivity index (χ4v) is 4.08. The monoisotopic (exact) mass is 313 g/mol. The molecule has 1 unspecified atom stereocenters. The molecule has 1 aliphatic rings. The average Bonchev–Trinajstić information content (AvgIpc) is 3.07. The molecule has 1 aliphatic heterocycles. The maximum absolute atomic E-state index is 11.0. The van der Waals surface area contributed by atoms with Crippen molar-refractivity contribution in [3.8, 4) is 0 Å². The molecule has 1 saturated heterocycles. The second-order valence-corrected chi connectivity index (χ2v) is 6.56. The predicted octanol–water partition coefficient (Wildman–Crippen LogP) is 2.94. The smallest absolute Gasteiger partial charge is 0.130 e.